The van der Waals surface area contributed by atoms with E-state index in [1.165, 1.54) is 6.42 Å². The second-order valence-corrected chi connectivity index (χ2v) is 6.73. The van der Waals surface area contributed by atoms with Gasteiger partial charge in [-0.3, -0.25) is 10.1 Å². The molecule has 126 valence electrons. The Bertz CT molecular complexity index is 295. The maximum atomic E-state index is 12.2. The Balaban J connectivity index is 4.39. The molecule has 0 amide bonds. The second kappa shape index (κ2) is 10.2. The van der Waals surface area contributed by atoms with Crippen LogP contribution < -0.4 is 5.32 Å². The van der Waals surface area contributed by atoms with Crippen molar-refractivity contribution in [3.05, 3.63) is 0 Å². The predicted molar refractivity (Wildman–Crippen MR) is 89.5 cm³/mol. The zero-order valence-corrected chi connectivity index (χ0v) is 15.2. The number of rotatable bonds is 11. The summed E-state index contributed by atoms with van der Waals surface area (Å²) in [5, 5.41) is 3.37. The summed E-state index contributed by atoms with van der Waals surface area (Å²) in [6.45, 7) is 15.0. The average Bonchev–Trinajstić information content (AvgIpc) is 2.37. The van der Waals surface area contributed by atoms with Gasteiger partial charge in [-0.25, -0.2) is 0 Å². The molecule has 1 N–H and O–H groups in total. The largest absolute Gasteiger partial charge is 0.465 e. The van der Waals surface area contributed by atoms with E-state index in [2.05, 4.69) is 45.0 Å². The van der Waals surface area contributed by atoms with Crippen molar-refractivity contribution < 1.29 is 9.53 Å². The molecule has 0 aromatic carbocycles. The molecule has 0 rings (SSSR count). The lowest BCUT2D eigenvalue weighted by molar-refractivity contribution is -0.151. The van der Waals surface area contributed by atoms with Crippen molar-refractivity contribution in [3.63, 3.8) is 0 Å². The summed E-state index contributed by atoms with van der Waals surface area (Å²) < 4.78 is 5.23. The summed E-state index contributed by atoms with van der Waals surface area (Å²) in [6, 6.07) is 0.261. The summed E-state index contributed by atoms with van der Waals surface area (Å²) in [5.74, 6) is 0.587. The normalized spacial score (nSPS) is 16.0. The number of nitrogens with zero attached hydrogens (tertiary/aromatic N) is 1. The molecule has 0 radical (unpaired) electrons. The van der Waals surface area contributed by atoms with Crippen LogP contribution in [0.15, 0.2) is 0 Å². The molecular formula is C17H36N2O2. The fourth-order valence-corrected chi connectivity index (χ4v) is 2.62. The first kappa shape index (κ1) is 20.4. The van der Waals surface area contributed by atoms with Crippen molar-refractivity contribution in [3.8, 4) is 0 Å². The van der Waals surface area contributed by atoms with Crippen LogP contribution >= 0.6 is 0 Å². The Labute approximate surface area is 131 Å². The van der Waals surface area contributed by atoms with E-state index in [0.717, 1.165) is 31.8 Å². The first-order valence-corrected chi connectivity index (χ1v) is 8.38. The minimum atomic E-state index is -0.582. The third-order valence-electron chi connectivity index (χ3n) is 3.87. The zero-order valence-electron chi connectivity index (χ0n) is 15.2. The van der Waals surface area contributed by atoms with Crippen LogP contribution in [0.2, 0.25) is 0 Å². The molecule has 4 nitrogen and oxygen atoms in total. The molecule has 0 saturated heterocycles. The van der Waals surface area contributed by atoms with Crippen molar-refractivity contribution >= 4 is 5.97 Å². The minimum absolute atomic E-state index is 0.136. The second-order valence-electron chi connectivity index (χ2n) is 6.73. The molecule has 4 heteroatoms. The third kappa shape index (κ3) is 8.42. The molecule has 0 saturated carbocycles. The first-order chi connectivity index (χ1) is 9.75. The van der Waals surface area contributed by atoms with Crippen molar-refractivity contribution in [1.29, 1.82) is 0 Å². The van der Waals surface area contributed by atoms with Gasteiger partial charge < -0.3 is 9.64 Å². The van der Waals surface area contributed by atoms with Crippen LogP contribution in [0.5, 0.6) is 0 Å². The fraction of sp³-hybridized carbons (Fsp3) is 0.941. The SMILES string of the molecule is CCOC(=O)C(C)(CCCN(C)CC(C)CC)NC(C)C. The van der Waals surface area contributed by atoms with Crippen LogP contribution in [-0.2, 0) is 9.53 Å². The van der Waals surface area contributed by atoms with Crippen LogP contribution in [0.25, 0.3) is 0 Å². The molecule has 21 heavy (non-hydrogen) atoms. The monoisotopic (exact) mass is 300 g/mol. The number of hydrogen-bond acceptors (Lipinski definition) is 4. The first-order valence-electron chi connectivity index (χ1n) is 8.38. The van der Waals surface area contributed by atoms with Crippen LogP contribution in [0.4, 0.5) is 0 Å². The molecule has 0 fully saturated rings. The van der Waals surface area contributed by atoms with E-state index in [4.69, 9.17) is 4.74 Å². The standard InChI is InChI=1S/C17H36N2O2/c1-8-15(5)13-19(7)12-10-11-17(6,18-14(3)4)16(20)21-9-2/h14-15,18H,8-13H2,1-7H3. The molecular weight excluding hydrogens is 264 g/mol. The summed E-state index contributed by atoms with van der Waals surface area (Å²) >= 11 is 0. The van der Waals surface area contributed by atoms with Gasteiger partial charge in [0.25, 0.3) is 0 Å². The summed E-state index contributed by atoms with van der Waals surface area (Å²) in [4.78, 5) is 14.6. The Kier molecular flexibility index (Phi) is 9.88. The van der Waals surface area contributed by atoms with E-state index in [9.17, 15) is 4.79 Å². The van der Waals surface area contributed by atoms with E-state index in [0.29, 0.717) is 6.61 Å². The summed E-state index contributed by atoms with van der Waals surface area (Å²) in [6.07, 6.45) is 3.00. The maximum absolute atomic E-state index is 12.2. The maximum Gasteiger partial charge on any atom is 0.326 e. The highest BCUT2D eigenvalue weighted by atomic mass is 16.5. The average molecular weight is 300 g/mol. The third-order valence-corrected chi connectivity index (χ3v) is 3.87. The van der Waals surface area contributed by atoms with E-state index in [-0.39, 0.29) is 12.0 Å². The predicted octanol–water partition coefficient (Wildman–Crippen LogP) is 3.06. The summed E-state index contributed by atoms with van der Waals surface area (Å²) in [7, 11) is 2.16. The fourth-order valence-electron chi connectivity index (χ4n) is 2.62. The highest BCUT2D eigenvalue weighted by Crippen LogP contribution is 2.17. The van der Waals surface area contributed by atoms with Gasteiger partial charge in [0.15, 0.2) is 0 Å². The van der Waals surface area contributed by atoms with Crippen molar-refractivity contribution in [2.24, 2.45) is 5.92 Å². The van der Waals surface area contributed by atoms with Gasteiger partial charge in [0.1, 0.15) is 5.54 Å². The van der Waals surface area contributed by atoms with Gasteiger partial charge in [0.05, 0.1) is 6.61 Å². The van der Waals surface area contributed by atoms with Gasteiger partial charge in [0.2, 0.25) is 0 Å². The van der Waals surface area contributed by atoms with Crippen LogP contribution in [0.3, 0.4) is 0 Å². The van der Waals surface area contributed by atoms with Gasteiger partial charge in [-0.2, -0.15) is 0 Å². The van der Waals surface area contributed by atoms with Gasteiger partial charge in [-0.1, -0.05) is 20.3 Å². The highest BCUT2D eigenvalue weighted by molar-refractivity contribution is 5.80. The Hall–Kier alpha value is -0.610. The number of carbonyl (C=O) groups excluding carboxylic acids is 1. The van der Waals surface area contributed by atoms with E-state index >= 15 is 0 Å². The molecule has 0 aromatic heterocycles. The number of hydrogen-bond donors (Lipinski definition) is 1. The molecule has 2 atom stereocenters. The molecule has 0 aromatic rings. The molecule has 0 aliphatic heterocycles. The molecule has 0 spiro atoms. The van der Waals surface area contributed by atoms with E-state index in [1.807, 2.05) is 13.8 Å². The van der Waals surface area contributed by atoms with Gasteiger partial charge >= 0.3 is 5.97 Å². The van der Waals surface area contributed by atoms with E-state index in [1.54, 1.807) is 0 Å². The lowest BCUT2D eigenvalue weighted by atomic mass is 9.94. The topological polar surface area (TPSA) is 41.6 Å². The Morgan fingerprint density at radius 3 is 2.38 bits per heavy atom. The van der Waals surface area contributed by atoms with Crippen molar-refractivity contribution in [2.75, 3.05) is 26.7 Å². The number of ether oxygens (including phenoxy) is 1. The molecule has 0 bridgehead atoms. The smallest absolute Gasteiger partial charge is 0.326 e. The Morgan fingerprint density at radius 1 is 1.29 bits per heavy atom. The molecule has 0 aliphatic rings. The quantitative estimate of drug-likeness (QED) is 0.595. The lowest BCUT2D eigenvalue weighted by Crippen LogP contribution is -2.53. The number of nitrogens with one attached hydrogen (secondary N) is 1. The van der Waals surface area contributed by atoms with Crippen molar-refractivity contribution in [2.45, 2.75) is 72.4 Å². The van der Waals surface area contributed by atoms with Crippen molar-refractivity contribution in [1.82, 2.24) is 10.2 Å². The van der Waals surface area contributed by atoms with Crippen LogP contribution in [0, 0.1) is 5.92 Å². The van der Waals surface area contributed by atoms with Gasteiger partial charge in [0, 0.05) is 12.6 Å². The van der Waals surface area contributed by atoms with E-state index < -0.39 is 5.54 Å². The zero-order chi connectivity index (χ0) is 16.5. The lowest BCUT2D eigenvalue weighted by Gasteiger charge is -2.31. The Morgan fingerprint density at radius 2 is 1.90 bits per heavy atom. The minimum Gasteiger partial charge on any atom is -0.465 e. The van der Waals surface area contributed by atoms with Gasteiger partial charge in [-0.15, -0.1) is 0 Å². The van der Waals surface area contributed by atoms with Crippen LogP contribution in [-0.4, -0.2) is 49.2 Å². The number of esters is 1. The number of carbonyl (C=O) groups is 1. The molecule has 0 aliphatic carbocycles. The molecule has 2 unspecified atom stereocenters. The van der Waals surface area contributed by atoms with Gasteiger partial charge in [-0.05, 0) is 60.0 Å². The molecule has 0 heterocycles. The summed E-state index contributed by atoms with van der Waals surface area (Å²) in [5.41, 5.74) is -0.582. The van der Waals surface area contributed by atoms with Crippen LogP contribution in [0.1, 0.15) is 60.8 Å². The highest BCUT2D eigenvalue weighted by Gasteiger charge is 2.34.